The minimum atomic E-state index is -0.778. The van der Waals surface area contributed by atoms with Crippen LogP contribution in [0.5, 0.6) is 0 Å². The molecule has 4 heteroatoms. The second-order valence-electron chi connectivity index (χ2n) is 3.79. The standard InChI is InChI=1S/C11H14ClNOS/c12-9-3-1-2-8-10(9)15-7-5-11(8,14)4-6-13/h1-3,14H,4-7,13H2. The smallest absolute Gasteiger partial charge is 0.0927 e. The molecular weight excluding hydrogens is 230 g/mol. The van der Waals surface area contributed by atoms with Gasteiger partial charge in [-0.3, -0.25) is 0 Å². The predicted octanol–water partition coefficient (Wildman–Crippen LogP) is 2.37. The first-order valence-corrected chi connectivity index (χ1v) is 6.38. The van der Waals surface area contributed by atoms with Gasteiger partial charge in [-0.25, -0.2) is 0 Å². The van der Waals surface area contributed by atoms with Crippen molar-refractivity contribution in [1.29, 1.82) is 0 Å². The third-order valence-electron chi connectivity index (χ3n) is 2.79. The molecule has 3 N–H and O–H groups in total. The van der Waals surface area contributed by atoms with Crippen LogP contribution < -0.4 is 5.73 Å². The Hall–Kier alpha value is -0.220. The molecule has 0 bridgehead atoms. The molecule has 0 amide bonds. The second-order valence-corrected chi connectivity index (χ2v) is 5.30. The number of hydrogen-bond donors (Lipinski definition) is 2. The van der Waals surface area contributed by atoms with Crippen molar-refractivity contribution >= 4 is 23.4 Å². The van der Waals surface area contributed by atoms with Gasteiger partial charge in [0.15, 0.2) is 0 Å². The quantitative estimate of drug-likeness (QED) is 0.839. The second kappa shape index (κ2) is 4.34. The van der Waals surface area contributed by atoms with Crippen molar-refractivity contribution < 1.29 is 5.11 Å². The molecule has 1 heterocycles. The lowest BCUT2D eigenvalue weighted by molar-refractivity contribution is 0.0228. The van der Waals surface area contributed by atoms with Gasteiger partial charge < -0.3 is 10.8 Å². The zero-order valence-electron chi connectivity index (χ0n) is 8.37. The molecule has 1 aliphatic heterocycles. The maximum atomic E-state index is 10.5. The van der Waals surface area contributed by atoms with E-state index in [0.717, 1.165) is 27.7 Å². The SMILES string of the molecule is NCCC1(O)CCSc2c(Cl)cccc21. The molecular formula is C11H14ClNOS. The lowest BCUT2D eigenvalue weighted by Crippen LogP contribution is -2.32. The van der Waals surface area contributed by atoms with Crippen molar-refractivity contribution in [2.45, 2.75) is 23.3 Å². The van der Waals surface area contributed by atoms with Crippen molar-refractivity contribution in [1.82, 2.24) is 0 Å². The van der Waals surface area contributed by atoms with Crippen LogP contribution in [0.1, 0.15) is 18.4 Å². The molecule has 0 saturated heterocycles. The van der Waals surface area contributed by atoms with Crippen molar-refractivity contribution in [2.75, 3.05) is 12.3 Å². The highest BCUT2D eigenvalue weighted by atomic mass is 35.5. The van der Waals surface area contributed by atoms with E-state index in [1.165, 1.54) is 0 Å². The number of nitrogens with two attached hydrogens (primary N) is 1. The zero-order valence-corrected chi connectivity index (χ0v) is 9.94. The van der Waals surface area contributed by atoms with E-state index in [1.807, 2.05) is 18.2 Å². The molecule has 82 valence electrons. The van der Waals surface area contributed by atoms with Gasteiger partial charge >= 0.3 is 0 Å². The van der Waals surface area contributed by atoms with E-state index in [-0.39, 0.29) is 0 Å². The summed E-state index contributed by atoms with van der Waals surface area (Å²) in [6, 6.07) is 5.69. The summed E-state index contributed by atoms with van der Waals surface area (Å²) in [7, 11) is 0. The average Bonchev–Trinajstić information content (AvgIpc) is 2.20. The predicted molar refractivity (Wildman–Crippen MR) is 64.4 cm³/mol. The third-order valence-corrected chi connectivity index (χ3v) is 4.35. The number of thioether (sulfide) groups is 1. The van der Waals surface area contributed by atoms with Crippen LogP contribution in [0.3, 0.4) is 0 Å². The topological polar surface area (TPSA) is 46.2 Å². The number of aliphatic hydroxyl groups is 1. The minimum absolute atomic E-state index is 0.493. The lowest BCUT2D eigenvalue weighted by atomic mass is 9.87. The Morgan fingerprint density at radius 3 is 3.07 bits per heavy atom. The Kier molecular flexibility index (Phi) is 3.26. The first kappa shape index (κ1) is 11.3. The Bertz CT molecular complexity index is 372. The largest absolute Gasteiger partial charge is 0.385 e. The number of halogens is 1. The van der Waals surface area contributed by atoms with Crippen LogP contribution in [0.15, 0.2) is 23.1 Å². The minimum Gasteiger partial charge on any atom is -0.385 e. The van der Waals surface area contributed by atoms with Crippen LogP contribution in [-0.4, -0.2) is 17.4 Å². The maximum Gasteiger partial charge on any atom is 0.0927 e. The molecule has 0 spiro atoms. The fourth-order valence-electron chi connectivity index (χ4n) is 1.98. The molecule has 1 aromatic carbocycles. The van der Waals surface area contributed by atoms with Crippen molar-refractivity contribution in [3.63, 3.8) is 0 Å². The summed E-state index contributed by atoms with van der Waals surface area (Å²) >= 11 is 7.82. The van der Waals surface area contributed by atoms with Crippen molar-refractivity contribution in [3.8, 4) is 0 Å². The van der Waals surface area contributed by atoms with Gasteiger partial charge in [0.05, 0.1) is 10.6 Å². The van der Waals surface area contributed by atoms with E-state index in [2.05, 4.69) is 0 Å². The maximum absolute atomic E-state index is 10.5. The van der Waals surface area contributed by atoms with Crippen LogP contribution in [0.2, 0.25) is 5.02 Å². The Morgan fingerprint density at radius 2 is 2.33 bits per heavy atom. The molecule has 0 aliphatic carbocycles. The van der Waals surface area contributed by atoms with E-state index < -0.39 is 5.60 Å². The lowest BCUT2D eigenvalue weighted by Gasteiger charge is -2.34. The number of fused-ring (bicyclic) bond motifs is 1. The summed E-state index contributed by atoms with van der Waals surface area (Å²) in [5.74, 6) is 0.896. The first-order chi connectivity index (χ1) is 7.17. The van der Waals surface area contributed by atoms with Gasteiger partial charge in [-0.15, -0.1) is 11.8 Å². The van der Waals surface area contributed by atoms with E-state index in [4.69, 9.17) is 17.3 Å². The molecule has 1 atom stereocenters. The molecule has 1 aromatic rings. The van der Waals surface area contributed by atoms with Crippen LogP contribution in [0, 0.1) is 0 Å². The highest BCUT2D eigenvalue weighted by molar-refractivity contribution is 7.99. The summed E-state index contributed by atoms with van der Waals surface area (Å²) in [6.07, 6.45) is 1.35. The van der Waals surface area contributed by atoms with Crippen LogP contribution in [0.25, 0.3) is 0 Å². The molecule has 0 aromatic heterocycles. The molecule has 0 saturated carbocycles. The number of benzene rings is 1. The van der Waals surface area contributed by atoms with E-state index in [9.17, 15) is 5.11 Å². The van der Waals surface area contributed by atoms with Gasteiger partial charge in [0.25, 0.3) is 0 Å². The summed E-state index contributed by atoms with van der Waals surface area (Å²) < 4.78 is 0. The fourth-order valence-corrected chi connectivity index (χ4v) is 3.58. The Morgan fingerprint density at radius 1 is 1.53 bits per heavy atom. The van der Waals surface area contributed by atoms with Crippen LogP contribution >= 0.6 is 23.4 Å². The summed E-state index contributed by atoms with van der Waals surface area (Å²) in [6.45, 7) is 0.493. The van der Waals surface area contributed by atoms with Gasteiger partial charge in [0.1, 0.15) is 0 Å². The van der Waals surface area contributed by atoms with Crippen molar-refractivity contribution in [3.05, 3.63) is 28.8 Å². The van der Waals surface area contributed by atoms with Crippen LogP contribution in [0.4, 0.5) is 0 Å². The molecule has 2 rings (SSSR count). The monoisotopic (exact) mass is 243 g/mol. The number of rotatable bonds is 2. The Balaban J connectivity index is 2.46. The summed E-state index contributed by atoms with van der Waals surface area (Å²) in [5.41, 5.74) is 5.70. The molecule has 2 nitrogen and oxygen atoms in total. The first-order valence-electron chi connectivity index (χ1n) is 5.01. The van der Waals surface area contributed by atoms with Crippen molar-refractivity contribution in [2.24, 2.45) is 5.73 Å². The van der Waals surface area contributed by atoms with Crippen LogP contribution in [-0.2, 0) is 5.60 Å². The van der Waals surface area contributed by atoms with Gasteiger partial charge in [0.2, 0.25) is 0 Å². The van der Waals surface area contributed by atoms with Gasteiger partial charge in [-0.05, 0) is 31.0 Å². The third kappa shape index (κ3) is 2.02. The van der Waals surface area contributed by atoms with E-state index >= 15 is 0 Å². The molecule has 0 fully saturated rings. The molecule has 1 aliphatic rings. The van der Waals surface area contributed by atoms with Gasteiger partial charge in [-0.1, -0.05) is 23.7 Å². The fraction of sp³-hybridized carbons (Fsp3) is 0.455. The molecule has 0 radical (unpaired) electrons. The summed E-state index contributed by atoms with van der Waals surface area (Å²) in [4.78, 5) is 1.02. The van der Waals surface area contributed by atoms with E-state index in [0.29, 0.717) is 13.0 Å². The average molecular weight is 244 g/mol. The van der Waals surface area contributed by atoms with Gasteiger partial charge in [-0.2, -0.15) is 0 Å². The summed E-state index contributed by atoms with van der Waals surface area (Å²) in [5, 5.41) is 11.2. The highest BCUT2D eigenvalue weighted by Gasteiger charge is 2.34. The van der Waals surface area contributed by atoms with Gasteiger partial charge in [0, 0.05) is 10.6 Å². The highest BCUT2D eigenvalue weighted by Crippen LogP contribution is 2.44. The zero-order chi connectivity index (χ0) is 10.9. The normalized spacial score (nSPS) is 25.0. The molecule has 1 unspecified atom stereocenters. The van der Waals surface area contributed by atoms with E-state index in [1.54, 1.807) is 11.8 Å². The molecule has 15 heavy (non-hydrogen) atoms. The number of hydrogen-bond acceptors (Lipinski definition) is 3. The Labute approximate surface area is 98.8 Å².